The van der Waals surface area contributed by atoms with Crippen molar-refractivity contribution < 1.29 is 19.5 Å². The SMILES string of the molecule is CC(C)N(C(=O)NCc1ccc(Cl)c(Cl)c1)N1CC(=O)N2[C@@H](Cc3ccc(O)cc3)C(=O)N(Cc3cccc4sc(N)nc34)C[C@@H]21. The molecule has 3 aromatic carbocycles. The Bertz CT molecular complexity index is 1800. The van der Waals surface area contributed by atoms with E-state index in [0.29, 0.717) is 15.2 Å². The fourth-order valence-corrected chi connectivity index (χ4v) is 7.23. The Kier molecular flexibility index (Phi) is 8.97. The highest BCUT2D eigenvalue weighted by atomic mass is 35.5. The summed E-state index contributed by atoms with van der Waals surface area (Å²) in [4.78, 5) is 49.5. The highest BCUT2D eigenvalue weighted by Crippen LogP contribution is 2.33. The molecule has 2 aliphatic heterocycles. The molecule has 11 nitrogen and oxygen atoms in total. The number of hydrogen-bond donors (Lipinski definition) is 3. The lowest BCUT2D eigenvalue weighted by Crippen LogP contribution is -2.66. The number of hydrazine groups is 1. The first-order valence-electron chi connectivity index (χ1n) is 14.8. The standard InChI is InChI=1S/C32H33Cl2N7O4S/c1-18(2)41(32(45)36-14-20-8-11-23(33)24(34)12-20)39-17-28(43)40-25(13-19-6-9-22(42)10-7-19)30(44)38(16-27(39)40)15-21-4-3-5-26-29(21)37-31(35)46-26/h3-12,18,25,27,42H,13-17H2,1-2H3,(H2,35,37)(H,36,45)/t25-,27+/m0/s1. The Morgan fingerprint density at radius 1 is 1.11 bits per heavy atom. The van der Waals surface area contributed by atoms with Crippen molar-refractivity contribution in [1.82, 2.24) is 30.1 Å². The Balaban J connectivity index is 1.31. The van der Waals surface area contributed by atoms with Crippen molar-refractivity contribution in [3.05, 3.63) is 87.4 Å². The minimum atomic E-state index is -0.825. The predicted octanol–water partition coefficient (Wildman–Crippen LogP) is 4.85. The van der Waals surface area contributed by atoms with E-state index in [1.54, 1.807) is 62.3 Å². The summed E-state index contributed by atoms with van der Waals surface area (Å²) in [6.45, 7) is 4.30. The number of anilines is 1. The van der Waals surface area contributed by atoms with E-state index in [9.17, 15) is 19.5 Å². The third-order valence-electron chi connectivity index (χ3n) is 8.21. The molecule has 0 spiro atoms. The molecule has 2 saturated heterocycles. The zero-order chi connectivity index (χ0) is 32.7. The van der Waals surface area contributed by atoms with E-state index in [4.69, 9.17) is 28.9 Å². The lowest BCUT2D eigenvalue weighted by Gasteiger charge is -2.47. The molecule has 46 heavy (non-hydrogen) atoms. The van der Waals surface area contributed by atoms with Crippen LogP contribution in [0.5, 0.6) is 5.75 Å². The fourth-order valence-electron chi connectivity index (χ4n) is 6.13. The summed E-state index contributed by atoms with van der Waals surface area (Å²) < 4.78 is 0.920. The van der Waals surface area contributed by atoms with Gasteiger partial charge in [0.05, 0.1) is 33.4 Å². The zero-order valence-electron chi connectivity index (χ0n) is 25.2. The van der Waals surface area contributed by atoms with Gasteiger partial charge >= 0.3 is 6.03 Å². The monoisotopic (exact) mass is 681 g/mol. The molecule has 2 atom stereocenters. The average Bonchev–Trinajstić information content (AvgIpc) is 3.55. The van der Waals surface area contributed by atoms with E-state index >= 15 is 0 Å². The van der Waals surface area contributed by atoms with Crippen LogP contribution in [0.4, 0.5) is 9.93 Å². The van der Waals surface area contributed by atoms with E-state index in [2.05, 4.69) is 10.3 Å². The molecule has 6 rings (SSSR count). The van der Waals surface area contributed by atoms with E-state index in [1.807, 2.05) is 32.0 Å². The number of aromatic hydroxyl groups is 1. The first-order valence-corrected chi connectivity index (χ1v) is 16.4. The predicted molar refractivity (Wildman–Crippen MR) is 178 cm³/mol. The van der Waals surface area contributed by atoms with E-state index < -0.39 is 18.2 Å². The van der Waals surface area contributed by atoms with Crippen LogP contribution in [0.15, 0.2) is 60.7 Å². The summed E-state index contributed by atoms with van der Waals surface area (Å²) in [5, 5.41) is 17.3. The topological polar surface area (TPSA) is 135 Å². The number of phenols is 1. The van der Waals surface area contributed by atoms with Crippen LogP contribution in [0.3, 0.4) is 0 Å². The molecule has 3 heterocycles. The summed E-state index contributed by atoms with van der Waals surface area (Å²) in [5.41, 5.74) is 9.14. The molecule has 0 bridgehead atoms. The molecule has 0 saturated carbocycles. The number of aromatic nitrogens is 1. The van der Waals surface area contributed by atoms with E-state index in [0.717, 1.165) is 26.9 Å². The number of rotatable bonds is 8. The minimum absolute atomic E-state index is 0.0750. The van der Waals surface area contributed by atoms with Crippen LogP contribution in [-0.2, 0) is 29.1 Å². The molecular weight excluding hydrogens is 649 g/mol. The number of para-hydroxylation sites is 1. The zero-order valence-corrected chi connectivity index (χ0v) is 27.5. The van der Waals surface area contributed by atoms with Gasteiger partial charge < -0.3 is 26.0 Å². The fraction of sp³-hybridized carbons (Fsp3) is 0.312. The summed E-state index contributed by atoms with van der Waals surface area (Å²) in [7, 11) is 0. The third-order valence-corrected chi connectivity index (χ3v) is 9.80. The summed E-state index contributed by atoms with van der Waals surface area (Å²) in [6.07, 6.45) is -0.366. The second-order valence-electron chi connectivity index (χ2n) is 11.6. The molecule has 2 fully saturated rings. The van der Waals surface area contributed by atoms with Gasteiger partial charge in [-0.05, 0) is 60.9 Å². The van der Waals surface area contributed by atoms with Gasteiger partial charge in [0, 0.05) is 25.6 Å². The molecule has 2 aliphatic rings. The molecule has 0 radical (unpaired) electrons. The van der Waals surface area contributed by atoms with Gasteiger partial charge in [0.1, 0.15) is 18.0 Å². The van der Waals surface area contributed by atoms with Crippen molar-refractivity contribution in [2.45, 2.75) is 51.6 Å². The maximum absolute atomic E-state index is 14.2. The van der Waals surface area contributed by atoms with Crippen molar-refractivity contribution in [3.8, 4) is 5.75 Å². The Morgan fingerprint density at radius 3 is 2.57 bits per heavy atom. The van der Waals surface area contributed by atoms with Crippen LogP contribution < -0.4 is 11.1 Å². The van der Waals surface area contributed by atoms with Crippen LogP contribution in [0, 0.1) is 0 Å². The second kappa shape index (κ2) is 13.0. The number of hydrogen-bond acceptors (Lipinski definition) is 8. The molecular formula is C32H33Cl2N7O4S. The number of benzene rings is 3. The molecule has 4 amide bonds. The van der Waals surface area contributed by atoms with Crippen LogP contribution in [0.2, 0.25) is 10.0 Å². The van der Waals surface area contributed by atoms with Gasteiger partial charge in [0.15, 0.2) is 5.13 Å². The van der Waals surface area contributed by atoms with E-state index in [-0.39, 0.29) is 56.2 Å². The molecule has 1 aromatic heterocycles. The highest BCUT2D eigenvalue weighted by molar-refractivity contribution is 7.22. The number of piperazine rings is 1. The molecule has 4 aromatic rings. The number of urea groups is 1. The molecule has 0 unspecified atom stereocenters. The summed E-state index contributed by atoms with van der Waals surface area (Å²) in [6, 6.07) is 16.0. The van der Waals surface area contributed by atoms with Crippen molar-refractivity contribution >= 4 is 67.7 Å². The van der Waals surface area contributed by atoms with Crippen molar-refractivity contribution in [3.63, 3.8) is 0 Å². The number of thiazole rings is 1. The highest BCUT2D eigenvalue weighted by Gasteiger charge is 2.52. The third kappa shape index (κ3) is 6.30. The normalized spacial score (nSPS) is 18.5. The minimum Gasteiger partial charge on any atom is -0.508 e. The summed E-state index contributed by atoms with van der Waals surface area (Å²) >= 11 is 13.6. The lowest BCUT2D eigenvalue weighted by molar-refractivity contribution is -0.158. The van der Waals surface area contributed by atoms with Gasteiger partial charge in [-0.1, -0.05) is 64.9 Å². The van der Waals surface area contributed by atoms with Gasteiger partial charge in [-0.2, -0.15) is 5.01 Å². The van der Waals surface area contributed by atoms with Crippen molar-refractivity contribution in [1.29, 1.82) is 0 Å². The van der Waals surface area contributed by atoms with Gasteiger partial charge in [0.2, 0.25) is 11.8 Å². The first kappa shape index (κ1) is 31.9. The van der Waals surface area contributed by atoms with E-state index in [1.165, 1.54) is 11.3 Å². The number of nitrogen functional groups attached to an aromatic ring is 1. The van der Waals surface area contributed by atoms with Crippen LogP contribution in [0.25, 0.3) is 10.2 Å². The molecule has 0 aliphatic carbocycles. The number of nitrogens with zero attached hydrogens (tertiary/aromatic N) is 5. The number of carbonyl (C=O) groups excluding carboxylic acids is 3. The van der Waals surface area contributed by atoms with Gasteiger partial charge in [-0.25, -0.2) is 9.78 Å². The summed E-state index contributed by atoms with van der Waals surface area (Å²) in [5.74, 6) is -0.351. The molecule has 240 valence electrons. The van der Waals surface area contributed by atoms with Gasteiger partial charge in [0.25, 0.3) is 0 Å². The van der Waals surface area contributed by atoms with Gasteiger partial charge in [-0.3, -0.25) is 14.6 Å². The second-order valence-corrected chi connectivity index (χ2v) is 13.5. The number of carbonyl (C=O) groups is 3. The number of amides is 4. The number of halogens is 2. The number of fused-ring (bicyclic) bond motifs is 2. The number of nitrogens with one attached hydrogen (secondary N) is 1. The largest absolute Gasteiger partial charge is 0.508 e. The van der Waals surface area contributed by atoms with Gasteiger partial charge in [-0.15, -0.1) is 0 Å². The lowest BCUT2D eigenvalue weighted by atomic mass is 9.99. The van der Waals surface area contributed by atoms with Crippen LogP contribution >= 0.6 is 34.5 Å². The van der Waals surface area contributed by atoms with Crippen LogP contribution in [-0.4, -0.2) is 79.1 Å². The van der Waals surface area contributed by atoms with Crippen LogP contribution in [0.1, 0.15) is 30.5 Å². The average molecular weight is 683 g/mol. The number of phenolic OH excluding ortho intramolecular Hbond substituents is 1. The smallest absolute Gasteiger partial charge is 0.332 e. The maximum Gasteiger partial charge on any atom is 0.332 e. The quantitative estimate of drug-likeness (QED) is 0.242. The molecule has 14 heteroatoms. The van der Waals surface area contributed by atoms with Crippen molar-refractivity contribution in [2.24, 2.45) is 0 Å². The first-order chi connectivity index (χ1) is 22.0. The Morgan fingerprint density at radius 2 is 1.85 bits per heavy atom. The molecule has 4 N–H and O–H groups in total. The Labute approximate surface area is 280 Å². The Hall–Kier alpha value is -4.10. The van der Waals surface area contributed by atoms with Crippen molar-refractivity contribution in [2.75, 3.05) is 18.8 Å². The maximum atomic E-state index is 14.2. The number of nitrogens with two attached hydrogens (primary N) is 1.